The van der Waals surface area contributed by atoms with Gasteiger partial charge in [-0.05, 0) is 147 Å². The molecule has 6 nitrogen and oxygen atoms in total. The van der Waals surface area contributed by atoms with Gasteiger partial charge in [-0.2, -0.15) is 0 Å². The number of benzene rings is 3. The molecule has 1 heterocycles. The number of hydrogen-bond acceptors (Lipinski definition) is 5. The third-order valence-electron chi connectivity index (χ3n) is 11.8. The number of carboxylic acid groups (broad SMARTS) is 1. The summed E-state index contributed by atoms with van der Waals surface area (Å²) in [5.41, 5.74) is 7.12. The second-order valence-electron chi connectivity index (χ2n) is 15.3. The van der Waals surface area contributed by atoms with Crippen molar-refractivity contribution in [2.75, 3.05) is 11.9 Å². The smallest absolute Gasteiger partial charge is 0.329 e. The van der Waals surface area contributed by atoms with Crippen molar-refractivity contribution >= 4 is 23.3 Å². The van der Waals surface area contributed by atoms with Crippen molar-refractivity contribution in [1.82, 2.24) is 4.98 Å². The number of aliphatic carboxylic acids is 1. The molecule has 3 aliphatic carbocycles. The van der Waals surface area contributed by atoms with E-state index in [-0.39, 0.29) is 5.41 Å². The Morgan fingerprint density at radius 1 is 1.04 bits per heavy atom. The van der Waals surface area contributed by atoms with Crippen molar-refractivity contribution in [2.45, 2.75) is 102 Å². The van der Waals surface area contributed by atoms with Crippen LogP contribution in [0.25, 0.3) is 0 Å². The number of aryl methyl sites for hydroxylation is 2. The fourth-order valence-electron chi connectivity index (χ4n) is 9.11. The Labute approximate surface area is 301 Å². The number of fused-ring (bicyclic) bond motifs is 3. The minimum atomic E-state index is -1.05. The van der Waals surface area contributed by atoms with E-state index < -0.39 is 11.5 Å². The summed E-state index contributed by atoms with van der Waals surface area (Å²) in [4.78, 5) is 17.7. The summed E-state index contributed by atoms with van der Waals surface area (Å²) in [6.45, 7) is 7.81. The maximum absolute atomic E-state index is 13.0. The molecular formula is C43H49ClN2O4. The molecule has 4 aromatic rings. The molecule has 50 heavy (non-hydrogen) atoms. The van der Waals surface area contributed by atoms with E-state index in [9.17, 15) is 9.90 Å². The first-order valence-electron chi connectivity index (χ1n) is 18.3. The Hall–Kier alpha value is -4.03. The number of hydrogen-bond donors (Lipinski definition) is 2. The van der Waals surface area contributed by atoms with E-state index in [1.807, 2.05) is 48.7 Å². The average Bonchev–Trinajstić information content (AvgIpc) is 3.38. The molecule has 7 rings (SSSR count). The van der Waals surface area contributed by atoms with Gasteiger partial charge in [0, 0.05) is 28.2 Å². The van der Waals surface area contributed by atoms with Crippen LogP contribution in [0.2, 0.25) is 5.02 Å². The normalized spacial score (nSPS) is 24.6. The van der Waals surface area contributed by atoms with Crippen LogP contribution in [0.4, 0.5) is 5.69 Å². The van der Waals surface area contributed by atoms with Gasteiger partial charge in [-0.1, -0.05) is 61.8 Å². The Bertz CT molecular complexity index is 1850. The summed E-state index contributed by atoms with van der Waals surface area (Å²) in [5, 5.41) is 14.6. The molecule has 3 aromatic carbocycles. The fraction of sp³-hybridized carbons (Fsp3) is 0.442. The number of ether oxygens (including phenoxy) is 2. The van der Waals surface area contributed by atoms with Crippen LogP contribution >= 0.6 is 11.6 Å². The molecule has 1 aromatic heterocycles. The molecule has 3 atom stereocenters. The number of pyridine rings is 1. The lowest BCUT2D eigenvalue weighted by Gasteiger charge is -2.47. The Kier molecular flexibility index (Phi) is 9.85. The zero-order valence-electron chi connectivity index (χ0n) is 29.5. The molecule has 262 valence electrons. The maximum Gasteiger partial charge on any atom is 0.329 e. The van der Waals surface area contributed by atoms with Crippen LogP contribution in [0.3, 0.4) is 0 Å². The molecule has 0 aliphatic heterocycles. The van der Waals surface area contributed by atoms with Crippen LogP contribution in [-0.4, -0.2) is 28.2 Å². The fourth-order valence-corrected chi connectivity index (χ4v) is 9.30. The van der Waals surface area contributed by atoms with Crippen molar-refractivity contribution < 1.29 is 19.4 Å². The van der Waals surface area contributed by atoms with Crippen LogP contribution in [-0.2, 0) is 29.7 Å². The Morgan fingerprint density at radius 2 is 1.86 bits per heavy atom. The molecule has 0 radical (unpaired) electrons. The molecular weight excluding hydrogens is 644 g/mol. The monoisotopic (exact) mass is 692 g/mol. The SMILES string of the molecule is Cc1cccc(OCc2ccc3c(c2)C2(CCC(Nc4cccc(Cl)c4)(C(=O)O)CC2)[C@H](C[C@@H](C)COc2ccnc4c2[C@H](C)CCC4)C3)c1. The second-order valence-corrected chi connectivity index (χ2v) is 15.7. The Morgan fingerprint density at radius 3 is 2.64 bits per heavy atom. The highest BCUT2D eigenvalue weighted by Gasteiger charge is 2.54. The molecule has 0 amide bonds. The Balaban J connectivity index is 1.13. The van der Waals surface area contributed by atoms with Crippen LogP contribution in [0.1, 0.15) is 98.2 Å². The van der Waals surface area contributed by atoms with Crippen molar-refractivity contribution in [1.29, 1.82) is 0 Å². The summed E-state index contributed by atoms with van der Waals surface area (Å²) in [7, 11) is 0. The standard InChI is InChI=1S/C43H49ClN2O4/c1-28-7-4-11-36(22-28)49-27-31-13-14-32-24-33(21-29(2)26-50-39-15-20-45-38-12-5-8-30(3)40(38)39)42(37(32)23-31)16-18-43(19-17-42,41(47)48)46-35-10-6-9-34(44)25-35/h4,6-7,9-11,13-15,20,22-23,25,29-30,33,46H,5,8,12,16-19,21,24,26-27H2,1-3H3,(H,47,48)/t29-,30-,33-,42?,43?/m1/s1. The van der Waals surface area contributed by atoms with Gasteiger partial charge in [0.25, 0.3) is 0 Å². The third kappa shape index (κ3) is 6.96. The van der Waals surface area contributed by atoms with Gasteiger partial charge in [0.1, 0.15) is 23.6 Å². The highest BCUT2D eigenvalue weighted by molar-refractivity contribution is 6.30. The zero-order chi connectivity index (χ0) is 34.9. The van der Waals surface area contributed by atoms with Crippen LogP contribution in [0.15, 0.2) is 79.0 Å². The van der Waals surface area contributed by atoms with Crippen LogP contribution in [0.5, 0.6) is 11.5 Å². The zero-order valence-corrected chi connectivity index (χ0v) is 30.3. The molecule has 1 fully saturated rings. The van der Waals surface area contributed by atoms with Crippen LogP contribution < -0.4 is 14.8 Å². The molecule has 0 bridgehead atoms. The molecule has 3 aliphatic rings. The lowest BCUT2D eigenvalue weighted by Crippen LogP contribution is -2.53. The average molecular weight is 693 g/mol. The summed E-state index contributed by atoms with van der Waals surface area (Å²) < 4.78 is 12.8. The molecule has 1 saturated carbocycles. The number of carboxylic acids is 1. The second kappa shape index (κ2) is 14.3. The largest absolute Gasteiger partial charge is 0.493 e. The quantitative estimate of drug-likeness (QED) is 0.163. The van der Waals surface area contributed by atoms with Gasteiger partial charge >= 0.3 is 5.97 Å². The predicted molar refractivity (Wildman–Crippen MR) is 200 cm³/mol. The minimum absolute atomic E-state index is 0.123. The highest BCUT2D eigenvalue weighted by Crippen LogP contribution is 2.56. The van der Waals surface area contributed by atoms with Crippen LogP contribution in [0, 0.1) is 18.8 Å². The maximum atomic E-state index is 13.0. The van der Waals surface area contributed by atoms with Crippen molar-refractivity contribution in [3.05, 3.63) is 118 Å². The highest BCUT2D eigenvalue weighted by atomic mass is 35.5. The van der Waals surface area contributed by atoms with Gasteiger partial charge in [-0.25, -0.2) is 4.79 Å². The number of aromatic nitrogens is 1. The number of anilines is 1. The first-order valence-corrected chi connectivity index (χ1v) is 18.7. The van der Waals surface area contributed by atoms with Gasteiger partial charge in [-0.15, -0.1) is 0 Å². The number of nitrogens with one attached hydrogen (secondary N) is 1. The summed E-state index contributed by atoms with van der Waals surface area (Å²) in [5.74, 6) is 2.23. The minimum Gasteiger partial charge on any atom is -0.493 e. The van der Waals surface area contributed by atoms with Gasteiger partial charge in [0.2, 0.25) is 0 Å². The van der Waals surface area contributed by atoms with E-state index in [2.05, 4.69) is 61.4 Å². The number of halogens is 1. The van der Waals surface area contributed by atoms with E-state index in [0.717, 1.165) is 54.9 Å². The summed E-state index contributed by atoms with van der Waals surface area (Å²) in [6.07, 6.45) is 9.91. The van der Waals surface area contributed by atoms with Crippen molar-refractivity contribution in [3.63, 3.8) is 0 Å². The number of nitrogens with zero attached hydrogens (tertiary/aromatic N) is 1. The van der Waals surface area contributed by atoms with Gasteiger partial charge < -0.3 is 19.9 Å². The summed E-state index contributed by atoms with van der Waals surface area (Å²) >= 11 is 6.29. The molecule has 0 saturated heterocycles. The van der Waals surface area contributed by atoms with Gasteiger partial charge in [0.05, 0.1) is 6.61 Å². The third-order valence-corrected chi connectivity index (χ3v) is 12.0. The van der Waals surface area contributed by atoms with Gasteiger partial charge in [-0.3, -0.25) is 4.98 Å². The van der Waals surface area contributed by atoms with Crippen molar-refractivity contribution in [2.24, 2.45) is 11.8 Å². The lowest BCUT2D eigenvalue weighted by atomic mass is 9.59. The molecule has 7 heteroatoms. The molecule has 0 unspecified atom stereocenters. The first kappa shape index (κ1) is 34.4. The molecule has 1 spiro atoms. The van der Waals surface area contributed by atoms with E-state index in [1.54, 1.807) is 0 Å². The number of carbonyl (C=O) groups is 1. The van der Waals surface area contributed by atoms with E-state index in [0.29, 0.717) is 48.8 Å². The van der Waals surface area contributed by atoms with Crippen molar-refractivity contribution in [3.8, 4) is 11.5 Å². The first-order chi connectivity index (χ1) is 24.1. The van der Waals surface area contributed by atoms with E-state index in [4.69, 9.17) is 21.1 Å². The van der Waals surface area contributed by atoms with E-state index in [1.165, 1.54) is 40.8 Å². The predicted octanol–water partition coefficient (Wildman–Crippen LogP) is 10.1. The number of rotatable bonds is 11. The topological polar surface area (TPSA) is 80.7 Å². The van der Waals surface area contributed by atoms with Gasteiger partial charge in [0.15, 0.2) is 0 Å². The lowest BCUT2D eigenvalue weighted by molar-refractivity contribution is -0.144. The molecule has 2 N–H and O–H groups in total. The van der Waals surface area contributed by atoms with E-state index >= 15 is 0 Å². The summed E-state index contributed by atoms with van der Waals surface area (Å²) in [6, 6.07) is 24.4.